The lowest BCUT2D eigenvalue weighted by molar-refractivity contribution is -0.130. The highest BCUT2D eigenvalue weighted by Crippen LogP contribution is 2.25. The van der Waals surface area contributed by atoms with Crippen molar-refractivity contribution in [3.8, 4) is 0 Å². The summed E-state index contributed by atoms with van der Waals surface area (Å²) in [5.74, 6) is 0.332. The Kier molecular flexibility index (Phi) is 5.66. The van der Waals surface area contributed by atoms with Crippen LogP contribution in [0.5, 0.6) is 0 Å². The molecule has 25 heavy (non-hydrogen) atoms. The van der Waals surface area contributed by atoms with Gasteiger partial charge in [0.15, 0.2) is 0 Å². The van der Waals surface area contributed by atoms with Crippen molar-refractivity contribution < 1.29 is 13.2 Å². The SMILES string of the molecule is CN(C(=O)CNSc1cccc2ccccc12)C1CCS(=O)(=O)CC1. The van der Waals surface area contributed by atoms with Crippen LogP contribution in [0.4, 0.5) is 0 Å². The maximum atomic E-state index is 12.4. The van der Waals surface area contributed by atoms with Gasteiger partial charge in [-0.3, -0.25) is 9.52 Å². The number of hydrogen-bond acceptors (Lipinski definition) is 5. The first-order valence-corrected chi connectivity index (χ1v) is 10.9. The van der Waals surface area contributed by atoms with Crippen molar-refractivity contribution >= 4 is 38.5 Å². The summed E-state index contributed by atoms with van der Waals surface area (Å²) in [4.78, 5) is 15.1. The maximum absolute atomic E-state index is 12.4. The normalized spacial score (nSPS) is 17.5. The number of rotatable bonds is 5. The first-order valence-electron chi connectivity index (χ1n) is 8.30. The predicted octanol–water partition coefficient (Wildman–Crippen LogP) is 2.47. The fraction of sp³-hybridized carbons (Fsp3) is 0.389. The molecule has 1 amide bonds. The summed E-state index contributed by atoms with van der Waals surface area (Å²) in [5, 5.41) is 2.32. The van der Waals surface area contributed by atoms with Crippen molar-refractivity contribution in [1.82, 2.24) is 9.62 Å². The van der Waals surface area contributed by atoms with Crippen LogP contribution in [0, 0.1) is 0 Å². The molecule has 1 saturated heterocycles. The minimum atomic E-state index is -2.91. The van der Waals surface area contributed by atoms with E-state index >= 15 is 0 Å². The minimum Gasteiger partial charge on any atom is -0.342 e. The quantitative estimate of drug-likeness (QED) is 0.810. The van der Waals surface area contributed by atoms with Crippen LogP contribution in [0.2, 0.25) is 0 Å². The Morgan fingerprint density at radius 3 is 2.60 bits per heavy atom. The van der Waals surface area contributed by atoms with Gasteiger partial charge in [-0.15, -0.1) is 0 Å². The van der Waals surface area contributed by atoms with Gasteiger partial charge in [-0.2, -0.15) is 0 Å². The zero-order valence-electron chi connectivity index (χ0n) is 14.1. The molecular formula is C18H22N2O3S2. The number of nitrogens with one attached hydrogen (secondary N) is 1. The number of benzene rings is 2. The molecule has 0 spiro atoms. The molecule has 134 valence electrons. The number of sulfone groups is 1. The molecule has 1 heterocycles. The van der Waals surface area contributed by atoms with E-state index in [1.807, 2.05) is 24.3 Å². The molecule has 1 aliphatic rings. The number of hydrogen-bond donors (Lipinski definition) is 1. The second-order valence-corrected chi connectivity index (χ2v) is 9.52. The lowest BCUT2D eigenvalue weighted by Crippen LogP contribution is -2.44. The third-order valence-electron chi connectivity index (χ3n) is 4.62. The van der Waals surface area contributed by atoms with Crippen LogP contribution in [0.15, 0.2) is 47.4 Å². The van der Waals surface area contributed by atoms with Crippen LogP contribution >= 0.6 is 11.9 Å². The van der Waals surface area contributed by atoms with Gasteiger partial charge in [0, 0.05) is 18.0 Å². The van der Waals surface area contributed by atoms with Gasteiger partial charge in [-0.05, 0) is 41.6 Å². The summed E-state index contributed by atoms with van der Waals surface area (Å²) in [7, 11) is -1.15. The molecule has 0 bridgehead atoms. The van der Waals surface area contributed by atoms with E-state index in [9.17, 15) is 13.2 Å². The van der Waals surface area contributed by atoms with Gasteiger partial charge in [0.25, 0.3) is 0 Å². The molecule has 1 N–H and O–H groups in total. The number of amides is 1. The standard InChI is InChI=1S/C18H22N2O3S2/c1-20(15-9-11-25(22,23)12-10-15)18(21)13-19-24-17-8-4-6-14-5-2-3-7-16(14)17/h2-8,15,19H,9-13H2,1H3. The van der Waals surface area contributed by atoms with Gasteiger partial charge in [0.05, 0.1) is 18.1 Å². The molecule has 2 aromatic rings. The number of likely N-dealkylation sites (N-methyl/N-ethyl adjacent to an activating group) is 1. The lowest BCUT2D eigenvalue weighted by Gasteiger charge is -2.31. The monoisotopic (exact) mass is 378 g/mol. The Morgan fingerprint density at radius 1 is 1.16 bits per heavy atom. The maximum Gasteiger partial charge on any atom is 0.237 e. The van der Waals surface area contributed by atoms with Crippen molar-refractivity contribution in [3.63, 3.8) is 0 Å². The fourth-order valence-electron chi connectivity index (χ4n) is 3.05. The lowest BCUT2D eigenvalue weighted by atomic mass is 10.1. The van der Waals surface area contributed by atoms with Crippen molar-refractivity contribution in [1.29, 1.82) is 0 Å². The van der Waals surface area contributed by atoms with Gasteiger partial charge in [-0.25, -0.2) is 8.42 Å². The molecule has 0 aromatic heterocycles. The highest BCUT2D eigenvalue weighted by Gasteiger charge is 2.28. The Hall–Kier alpha value is -1.57. The third kappa shape index (κ3) is 4.54. The van der Waals surface area contributed by atoms with Crippen LogP contribution in [0.25, 0.3) is 10.8 Å². The number of nitrogens with zero attached hydrogens (tertiary/aromatic N) is 1. The second kappa shape index (κ2) is 7.76. The number of carbonyl (C=O) groups excluding carboxylic acids is 1. The van der Waals surface area contributed by atoms with Crippen molar-refractivity contribution in [2.45, 2.75) is 23.8 Å². The highest BCUT2D eigenvalue weighted by atomic mass is 32.2. The van der Waals surface area contributed by atoms with Crippen LogP contribution in [-0.4, -0.2) is 50.4 Å². The first-order chi connectivity index (χ1) is 12.0. The number of carbonyl (C=O) groups is 1. The van der Waals surface area contributed by atoms with E-state index in [-0.39, 0.29) is 30.0 Å². The van der Waals surface area contributed by atoms with Gasteiger partial charge in [0.2, 0.25) is 5.91 Å². The molecular weight excluding hydrogens is 356 g/mol. The second-order valence-electron chi connectivity index (χ2n) is 6.29. The molecule has 7 heteroatoms. The molecule has 1 aliphatic heterocycles. The van der Waals surface area contributed by atoms with Crippen molar-refractivity contribution in [2.75, 3.05) is 25.1 Å². The zero-order chi connectivity index (χ0) is 17.9. The molecule has 0 aliphatic carbocycles. The van der Waals surface area contributed by atoms with E-state index < -0.39 is 9.84 Å². The summed E-state index contributed by atoms with van der Waals surface area (Å²) < 4.78 is 26.1. The van der Waals surface area contributed by atoms with E-state index in [0.29, 0.717) is 12.8 Å². The molecule has 0 saturated carbocycles. The summed E-state index contributed by atoms with van der Waals surface area (Å²) in [6.45, 7) is 0.216. The van der Waals surface area contributed by atoms with E-state index in [1.165, 1.54) is 17.3 Å². The Balaban J connectivity index is 1.54. The average Bonchev–Trinajstić information content (AvgIpc) is 2.61. The summed E-state index contributed by atoms with van der Waals surface area (Å²) in [6, 6.07) is 14.2. The summed E-state index contributed by atoms with van der Waals surface area (Å²) >= 11 is 1.45. The smallest absolute Gasteiger partial charge is 0.237 e. The van der Waals surface area contributed by atoms with Gasteiger partial charge in [0.1, 0.15) is 9.84 Å². The number of fused-ring (bicyclic) bond motifs is 1. The summed E-state index contributed by atoms with van der Waals surface area (Å²) in [5.41, 5.74) is 0. The average molecular weight is 379 g/mol. The molecule has 0 atom stereocenters. The van der Waals surface area contributed by atoms with Gasteiger partial charge < -0.3 is 4.90 Å². The highest BCUT2D eigenvalue weighted by molar-refractivity contribution is 7.97. The van der Waals surface area contributed by atoms with Crippen LogP contribution in [0.3, 0.4) is 0 Å². The Bertz CT molecular complexity index is 848. The van der Waals surface area contributed by atoms with E-state index in [0.717, 1.165) is 10.3 Å². The minimum absolute atomic E-state index is 0.0142. The van der Waals surface area contributed by atoms with E-state index in [2.05, 4.69) is 22.9 Å². The Labute approximate surface area is 152 Å². The van der Waals surface area contributed by atoms with Crippen LogP contribution in [-0.2, 0) is 14.6 Å². The Morgan fingerprint density at radius 2 is 1.84 bits per heavy atom. The molecule has 5 nitrogen and oxygen atoms in total. The van der Waals surface area contributed by atoms with Gasteiger partial charge in [-0.1, -0.05) is 36.4 Å². The molecule has 0 unspecified atom stereocenters. The molecule has 1 fully saturated rings. The molecule has 0 radical (unpaired) electrons. The zero-order valence-corrected chi connectivity index (χ0v) is 15.8. The largest absolute Gasteiger partial charge is 0.342 e. The third-order valence-corrected chi connectivity index (χ3v) is 7.20. The van der Waals surface area contributed by atoms with Crippen molar-refractivity contribution in [3.05, 3.63) is 42.5 Å². The molecule has 3 rings (SSSR count). The van der Waals surface area contributed by atoms with Crippen LogP contribution in [0.1, 0.15) is 12.8 Å². The molecule has 2 aromatic carbocycles. The predicted molar refractivity (Wildman–Crippen MR) is 102 cm³/mol. The topological polar surface area (TPSA) is 66.5 Å². The van der Waals surface area contributed by atoms with Gasteiger partial charge >= 0.3 is 0 Å². The van der Waals surface area contributed by atoms with Crippen LogP contribution < -0.4 is 4.72 Å². The van der Waals surface area contributed by atoms with E-state index in [1.54, 1.807) is 11.9 Å². The first kappa shape index (κ1) is 18.2. The summed E-state index contributed by atoms with van der Waals surface area (Å²) in [6.07, 6.45) is 1.06. The van der Waals surface area contributed by atoms with E-state index in [4.69, 9.17) is 0 Å². The van der Waals surface area contributed by atoms with Crippen molar-refractivity contribution in [2.24, 2.45) is 0 Å². The fourth-order valence-corrected chi connectivity index (χ4v) is 5.31.